The van der Waals surface area contributed by atoms with E-state index in [1.807, 2.05) is 0 Å². The summed E-state index contributed by atoms with van der Waals surface area (Å²) in [7, 11) is 0. The van der Waals surface area contributed by atoms with Gasteiger partial charge in [0.2, 0.25) is 5.91 Å². The van der Waals surface area contributed by atoms with E-state index in [1.54, 1.807) is 30.3 Å². The number of hydrogen-bond donors (Lipinski definition) is 3. The van der Waals surface area contributed by atoms with Crippen LogP contribution in [0.25, 0.3) is 0 Å². The first-order valence-corrected chi connectivity index (χ1v) is 9.26. The van der Waals surface area contributed by atoms with Gasteiger partial charge in [-0.3, -0.25) is 19.2 Å². The molecule has 1 aliphatic carbocycles. The molecule has 3 N–H and O–H groups in total. The van der Waals surface area contributed by atoms with Gasteiger partial charge in [0.05, 0.1) is 13.0 Å². The van der Waals surface area contributed by atoms with E-state index in [-0.39, 0.29) is 6.42 Å². The van der Waals surface area contributed by atoms with Crippen molar-refractivity contribution in [2.45, 2.75) is 57.1 Å². The molecule has 1 aromatic carbocycles. The zero-order valence-corrected chi connectivity index (χ0v) is 16.9. The predicted octanol–water partition coefficient (Wildman–Crippen LogP) is -0.754. The van der Waals surface area contributed by atoms with Gasteiger partial charge in [0.15, 0.2) is 23.9 Å². The molecule has 30 heavy (non-hydrogen) atoms. The van der Waals surface area contributed by atoms with E-state index in [1.165, 1.54) is 0 Å². The highest BCUT2D eigenvalue weighted by Crippen LogP contribution is 2.37. The third-order valence-electron chi connectivity index (χ3n) is 4.66. The molecular formula is C20H25NO9. The first-order valence-electron chi connectivity index (χ1n) is 9.26. The molecule has 10 heteroatoms. The summed E-state index contributed by atoms with van der Waals surface area (Å²) in [6.07, 6.45) is -4.51. The highest BCUT2D eigenvalue weighted by molar-refractivity contribution is 5.79. The number of nitrogens with one attached hydrogen (secondary N) is 1. The number of aliphatic hydroxyl groups is 2. The predicted molar refractivity (Wildman–Crippen MR) is 101 cm³/mol. The quantitative estimate of drug-likeness (QED) is 0.380. The maximum Gasteiger partial charge on any atom is 0.303 e. The smallest absolute Gasteiger partial charge is 0.303 e. The Balaban J connectivity index is 2.40. The molecule has 1 amide bonds. The minimum absolute atomic E-state index is 0.0674. The van der Waals surface area contributed by atoms with Gasteiger partial charge in [-0.1, -0.05) is 30.3 Å². The van der Waals surface area contributed by atoms with Crippen molar-refractivity contribution < 1.29 is 43.6 Å². The molecule has 1 fully saturated rings. The van der Waals surface area contributed by atoms with Crippen molar-refractivity contribution in [3.05, 3.63) is 35.9 Å². The number of ether oxygens (including phenoxy) is 3. The van der Waals surface area contributed by atoms with Crippen molar-refractivity contribution in [2.24, 2.45) is 0 Å². The van der Waals surface area contributed by atoms with Gasteiger partial charge in [-0.15, -0.1) is 0 Å². The van der Waals surface area contributed by atoms with Gasteiger partial charge in [-0.25, -0.2) is 0 Å². The molecule has 1 saturated carbocycles. The van der Waals surface area contributed by atoms with Crippen molar-refractivity contribution in [3.63, 3.8) is 0 Å². The number of hydrogen-bond acceptors (Lipinski definition) is 9. The number of carbonyl (C=O) groups is 4. The summed E-state index contributed by atoms with van der Waals surface area (Å²) >= 11 is 0. The second kappa shape index (κ2) is 9.68. The maximum absolute atomic E-state index is 12.6. The second-order valence-corrected chi connectivity index (χ2v) is 7.04. The second-order valence-electron chi connectivity index (χ2n) is 7.04. The lowest BCUT2D eigenvalue weighted by molar-refractivity contribution is -0.186. The first kappa shape index (κ1) is 23.3. The number of amides is 1. The topological polar surface area (TPSA) is 148 Å². The molecule has 5 atom stereocenters. The molecule has 0 bridgehead atoms. The van der Waals surface area contributed by atoms with Crippen LogP contribution < -0.4 is 5.32 Å². The Bertz CT molecular complexity index is 797. The van der Waals surface area contributed by atoms with Gasteiger partial charge in [-0.05, 0) is 5.56 Å². The van der Waals surface area contributed by atoms with E-state index in [0.717, 1.165) is 20.8 Å². The van der Waals surface area contributed by atoms with Crippen LogP contribution in [0.4, 0.5) is 0 Å². The van der Waals surface area contributed by atoms with Crippen LogP contribution >= 0.6 is 0 Å². The van der Waals surface area contributed by atoms with Gasteiger partial charge < -0.3 is 29.7 Å². The van der Waals surface area contributed by atoms with Crippen LogP contribution in [0.2, 0.25) is 0 Å². The zero-order chi connectivity index (χ0) is 22.5. The molecule has 0 heterocycles. The lowest BCUT2D eigenvalue weighted by Gasteiger charge is -2.33. The van der Waals surface area contributed by atoms with E-state index >= 15 is 0 Å². The molecule has 10 nitrogen and oxygen atoms in total. The fraction of sp³-hybridized carbons (Fsp3) is 0.500. The summed E-state index contributed by atoms with van der Waals surface area (Å²) in [6, 6.07) is 7.30. The molecule has 0 radical (unpaired) electrons. The Kier molecular flexibility index (Phi) is 7.52. The van der Waals surface area contributed by atoms with Crippen LogP contribution in [-0.2, 0) is 39.8 Å². The van der Waals surface area contributed by atoms with Crippen molar-refractivity contribution in [3.8, 4) is 0 Å². The van der Waals surface area contributed by atoms with E-state index in [0.29, 0.717) is 5.56 Å². The number of esters is 3. The Morgan fingerprint density at radius 3 is 1.97 bits per heavy atom. The largest absolute Gasteiger partial charge is 0.456 e. The Morgan fingerprint density at radius 2 is 1.47 bits per heavy atom. The zero-order valence-electron chi connectivity index (χ0n) is 16.9. The van der Waals surface area contributed by atoms with E-state index in [2.05, 4.69) is 5.32 Å². The summed E-state index contributed by atoms with van der Waals surface area (Å²) in [5.41, 5.74) is -1.60. The first-order chi connectivity index (χ1) is 14.1. The van der Waals surface area contributed by atoms with Crippen molar-refractivity contribution in [1.29, 1.82) is 0 Å². The van der Waals surface area contributed by atoms with Crippen molar-refractivity contribution in [1.82, 2.24) is 5.32 Å². The minimum atomic E-state index is -2.28. The molecule has 0 aliphatic heterocycles. The number of carbonyl (C=O) groups excluding carboxylic acids is 4. The van der Waals surface area contributed by atoms with Gasteiger partial charge in [0.1, 0.15) is 6.04 Å². The van der Waals surface area contributed by atoms with Gasteiger partial charge in [-0.2, -0.15) is 0 Å². The number of aliphatic hydroxyl groups excluding tert-OH is 1. The lowest BCUT2D eigenvalue weighted by atomic mass is 9.95. The van der Waals surface area contributed by atoms with Gasteiger partial charge in [0, 0.05) is 20.8 Å². The molecule has 164 valence electrons. The Hall–Kier alpha value is -2.98. The van der Waals surface area contributed by atoms with E-state index in [4.69, 9.17) is 14.2 Å². The molecular weight excluding hydrogens is 398 g/mol. The summed E-state index contributed by atoms with van der Waals surface area (Å²) < 4.78 is 15.5. The SMILES string of the molecule is CC(=O)O[C@@H]1[C@H](OC(C)=O)[C@H](OC(C)=O)[C@](O)(CO)[C@@H]1NC(=O)Cc1ccccc1. The molecule has 0 aromatic heterocycles. The molecule has 0 saturated heterocycles. The van der Waals surface area contributed by atoms with Gasteiger partial charge in [0.25, 0.3) is 0 Å². The molecule has 1 aliphatic rings. The summed E-state index contributed by atoms with van der Waals surface area (Å²) in [6.45, 7) is 2.25. The normalized spacial score (nSPS) is 27.8. The van der Waals surface area contributed by atoms with Crippen LogP contribution in [0.5, 0.6) is 0 Å². The lowest BCUT2D eigenvalue weighted by Crippen LogP contribution is -2.60. The minimum Gasteiger partial charge on any atom is -0.456 e. The Morgan fingerprint density at radius 1 is 0.933 bits per heavy atom. The average molecular weight is 423 g/mol. The average Bonchev–Trinajstić information content (AvgIpc) is 2.84. The fourth-order valence-corrected chi connectivity index (χ4v) is 3.50. The highest BCUT2D eigenvalue weighted by atomic mass is 16.6. The monoisotopic (exact) mass is 423 g/mol. The van der Waals surface area contributed by atoms with Crippen molar-refractivity contribution in [2.75, 3.05) is 6.61 Å². The third-order valence-corrected chi connectivity index (χ3v) is 4.66. The summed E-state index contributed by atoms with van der Waals surface area (Å²) in [5, 5.41) is 23.6. The van der Waals surface area contributed by atoms with Gasteiger partial charge >= 0.3 is 17.9 Å². The van der Waals surface area contributed by atoms with Crippen molar-refractivity contribution >= 4 is 23.8 Å². The third kappa shape index (κ3) is 5.33. The number of rotatable bonds is 7. The molecule has 2 rings (SSSR count). The summed E-state index contributed by atoms with van der Waals surface area (Å²) in [4.78, 5) is 47.4. The van der Waals surface area contributed by atoms with Crippen LogP contribution in [0.15, 0.2) is 30.3 Å². The van der Waals surface area contributed by atoms with Crippen LogP contribution in [0, 0.1) is 0 Å². The van der Waals surface area contributed by atoms with Crippen LogP contribution in [0.1, 0.15) is 26.3 Å². The Labute approximate surface area is 173 Å². The van der Waals surface area contributed by atoms with Crippen LogP contribution in [-0.4, -0.2) is 70.6 Å². The molecule has 1 aromatic rings. The highest BCUT2D eigenvalue weighted by Gasteiger charge is 2.65. The van der Waals surface area contributed by atoms with E-state index in [9.17, 15) is 29.4 Å². The summed E-state index contributed by atoms with van der Waals surface area (Å²) in [5.74, 6) is -2.98. The molecule has 0 spiro atoms. The fourth-order valence-electron chi connectivity index (χ4n) is 3.50. The number of benzene rings is 1. The standard InChI is InChI=1S/C20H25NO9/c1-11(23)28-16-17(29-12(2)24)19(30-13(3)25)20(27,10-22)18(16)21-15(26)9-14-7-5-4-6-8-14/h4-8,16-19,22,27H,9-10H2,1-3H3,(H,21,26)/t16-,17+,18-,19+,20+/m1/s1. The molecule has 0 unspecified atom stereocenters. The van der Waals surface area contributed by atoms with E-state index < -0.39 is 60.4 Å². The maximum atomic E-state index is 12.6. The van der Waals surface area contributed by atoms with Crippen LogP contribution in [0.3, 0.4) is 0 Å².